The van der Waals surface area contributed by atoms with E-state index in [4.69, 9.17) is 20.2 Å². The van der Waals surface area contributed by atoms with E-state index in [1.165, 1.54) is 11.8 Å². The Morgan fingerprint density at radius 3 is 2.66 bits per heavy atom. The van der Waals surface area contributed by atoms with Gasteiger partial charge in [0.25, 0.3) is 0 Å². The Hall–Kier alpha value is -3.70. The van der Waals surface area contributed by atoms with Crippen LogP contribution in [0.15, 0.2) is 69.8 Å². The van der Waals surface area contributed by atoms with Crippen LogP contribution >= 0.6 is 11.8 Å². The highest BCUT2D eigenvalue weighted by atomic mass is 32.2. The fourth-order valence-corrected chi connectivity index (χ4v) is 4.71. The fraction of sp³-hybridized carbons (Fsp3) is 0.208. The van der Waals surface area contributed by atoms with Gasteiger partial charge in [-0.05, 0) is 48.9 Å². The summed E-state index contributed by atoms with van der Waals surface area (Å²) in [5, 5.41) is 10.1. The SMILES string of the molecule is CCOC(=O)C1=C(c2ccccc2)N=C2SC(C#N)=C(N)N2[C@@H]1c1ccc(OC)cc1C. The summed E-state index contributed by atoms with van der Waals surface area (Å²) in [4.78, 5) is 20.2. The minimum absolute atomic E-state index is 0.221. The largest absolute Gasteiger partial charge is 0.497 e. The van der Waals surface area contributed by atoms with Gasteiger partial charge >= 0.3 is 5.97 Å². The number of nitrogens with two attached hydrogens (primary N) is 1. The molecule has 0 fully saturated rings. The van der Waals surface area contributed by atoms with E-state index in [-0.39, 0.29) is 12.4 Å². The second-order valence-electron chi connectivity index (χ2n) is 7.17. The van der Waals surface area contributed by atoms with Crippen molar-refractivity contribution >= 4 is 28.6 Å². The summed E-state index contributed by atoms with van der Waals surface area (Å²) in [5.74, 6) is 0.501. The molecule has 2 aliphatic heterocycles. The van der Waals surface area contributed by atoms with Crippen molar-refractivity contribution in [3.63, 3.8) is 0 Å². The molecule has 2 heterocycles. The van der Waals surface area contributed by atoms with Gasteiger partial charge in [0.1, 0.15) is 22.5 Å². The molecule has 2 aromatic rings. The first-order valence-corrected chi connectivity index (χ1v) is 10.9. The van der Waals surface area contributed by atoms with Crippen LogP contribution in [-0.4, -0.2) is 29.8 Å². The lowest BCUT2D eigenvalue weighted by Crippen LogP contribution is -2.39. The van der Waals surface area contributed by atoms with Gasteiger partial charge in [-0.25, -0.2) is 9.79 Å². The fourth-order valence-electron chi connectivity index (χ4n) is 3.84. The number of thioether (sulfide) groups is 1. The van der Waals surface area contributed by atoms with Crippen LogP contribution < -0.4 is 10.5 Å². The van der Waals surface area contributed by atoms with Crippen molar-refractivity contribution in [2.24, 2.45) is 10.7 Å². The van der Waals surface area contributed by atoms with Gasteiger partial charge < -0.3 is 15.2 Å². The van der Waals surface area contributed by atoms with Gasteiger partial charge in [-0.1, -0.05) is 36.4 Å². The average molecular weight is 447 g/mol. The molecule has 0 amide bonds. The summed E-state index contributed by atoms with van der Waals surface area (Å²) in [6.45, 7) is 3.93. The topological polar surface area (TPSA) is 101 Å². The van der Waals surface area contributed by atoms with E-state index in [1.54, 1.807) is 18.9 Å². The van der Waals surface area contributed by atoms with Crippen LogP contribution in [0.4, 0.5) is 0 Å². The molecule has 2 aromatic carbocycles. The van der Waals surface area contributed by atoms with Crippen molar-refractivity contribution in [2.75, 3.05) is 13.7 Å². The summed E-state index contributed by atoms with van der Waals surface area (Å²) >= 11 is 1.20. The van der Waals surface area contributed by atoms with Crippen LogP contribution in [0.5, 0.6) is 5.75 Å². The van der Waals surface area contributed by atoms with Crippen LogP contribution in [0.25, 0.3) is 5.70 Å². The summed E-state index contributed by atoms with van der Waals surface area (Å²) < 4.78 is 10.8. The van der Waals surface area contributed by atoms with E-state index in [0.717, 1.165) is 16.7 Å². The zero-order valence-corrected chi connectivity index (χ0v) is 18.8. The van der Waals surface area contributed by atoms with E-state index in [0.29, 0.717) is 27.1 Å². The monoisotopic (exact) mass is 446 g/mol. The Bertz CT molecular complexity index is 1210. The highest BCUT2D eigenvalue weighted by Crippen LogP contribution is 2.48. The molecule has 1 atom stereocenters. The number of allylic oxidation sites excluding steroid dienone is 1. The number of benzene rings is 2. The van der Waals surface area contributed by atoms with Gasteiger partial charge in [0, 0.05) is 5.56 Å². The Labute approximate surface area is 190 Å². The number of methoxy groups -OCH3 is 1. The summed E-state index contributed by atoms with van der Waals surface area (Å²) in [5.41, 5.74) is 9.80. The van der Waals surface area contributed by atoms with Crippen LogP contribution in [-0.2, 0) is 9.53 Å². The standard InChI is InChI=1S/C24H22N4O3S/c1-4-31-23(29)19-20(15-8-6-5-7-9-15)27-24-28(22(26)18(13-25)32-24)21(19)17-11-10-16(30-3)12-14(17)2/h5-12,21H,4,26H2,1-3H3/t21-/m1/s1. The van der Waals surface area contributed by atoms with E-state index in [9.17, 15) is 10.1 Å². The number of carbonyl (C=O) groups is 1. The molecule has 0 saturated heterocycles. The van der Waals surface area contributed by atoms with Crippen molar-refractivity contribution in [3.8, 4) is 11.8 Å². The van der Waals surface area contributed by atoms with Crippen LogP contribution in [0.1, 0.15) is 29.7 Å². The molecule has 0 unspecified atom stereocenters. The number of aliphatic imine (C=N–C) groups is 1. The molecule has 4 rings (SSSR count). The number of esters is 1. The molecule has 0 bridgehead atoms. The van der Waals surface area contributed by atoms with Gasteiger partial charge in [-0.2, -0.15) is 5.26 Å². The second-order valence-corrected chi connectivity index (χ2v) is 8.14. The third kappa shape index (κ3) is 3.61. The quantitative estimate of drug-likeness (QED) is 0.690. The van der Waals surface area contributed by atoms with E-state index >= 15 is 0 Å². The molecule has 8 heteroatoms. The minimum atomic E-state index is -0.610. The number of rotatable bonds is 5. The normalized spacial score (nSPS) is 17.6. The number of aryl methyl sites for hydroxylation is 1. The first-order chi connectivity index (χ1) is 15.5. The Morgan fingerprint density at radius 2 is 2.03 bits per heavy atom. The lowest BCUT2D eigenvalue weighted by atomic mass is 9.89. The molecule has 0 aliphatic carbocycles. The van der Waals surface area contributed by atoms with Crippen LogP contribution in [0.3, 0.4) is 0 Å². The molecule has 0 spiro atoms. The Kier molecular flexibility index (Phi) is 5.93. The summed E-state index contributed by atoms with van der Waals surface area (Å²) in [6, 6.07) is 16.7. The first kappa shape index (κ1) is 21.5. The number of nitriles is 1. The molecule has 2 N–H and O–H groups in total. The highest BCUT2D eigenvalue weighted by Gasteiger charge is 2.44. The van der Waals surface area contributed by atoms with Crippen molar-refractivity contribution in [1.82, 2.24) is 4.90 Å². The van der Waals surface area contributed by atoms with E-state index in [1.807, 2.05) is 55.5 Å². The number of amidine groups is 1. The zero-order valence-electron chi connectivity index (χ0n) is 18.0. The van der Waals surface area contributed by atoms with Gasteiger partial charge in [0.05, 0.1) is 31.0 Å². The third-order valence-electron chi connectivity index (χ3n) is 5.30. The molecule has 0 aromatic heterocycles. The molecule has 162 valence electrons. The van der Waals surface area contributed by atoms with Crippen molar-refractivity contribution in [2.45, 2.75) is 19.9 Å². The number of nitrogens with zero attached hydrogens (tertiary/aromatic N) is 3. The van der Waals surface area contributed by atoms with E-state index in [2.05, 4.69) is 6.07 Å². The summed E-state index contributed by atoms with van der Waals surface area (Å²) in [7, 11) is 1.61. The maximum Gasteiger partial charge on any atom is 0.338 e. The van der Waals surface area contributed by atoms with Crippen molar-refractivity contribution < 1.29 is 14.3 Å². The molecule has 32 heavy (non-hydrogen) atoms. The average Bonchev–Trinajstić information content (AvgIpc) is 3.14. The second kappa shape index (κ2) is 8.81. The predicted octanol–water partition coefficient (Wildman–Crippen LogP) is 4.09. The van der Waals surface area contributed by atoms with Crippen LogP contribution in [0, 0.1) is 18.3 Å². The number of carbonyl (C=O) groups excluding carboxylic acids is 1. The highest BCUT2D eigenvalue weighted by molar-refractivity contribution is 8.17. The van der Waals surface area contributed by atoms with Gasteiger partial charge in [-0.3, -0.25) is 4.90 Å². The molecule has 7 nitrogen and oxygen atoms in total. The lowest BCUT2D eigenvalue weighted by Gasteiger charge is -2.36. The molecule has 0 saturated carbocycles. The number of fused-ring (bicyclic) bond motifs is 1. The first-order valence-electron chi connectivity index (χ1n) is 10.1. The maximum absolute atomic E-state index is 13.3. The smallest absolute Gasteiger partial charge is 0.338 e. The summed E-state index contributed by atoms with van der Waals surface area (Å²) in [6.07, 6.45) is 0. The van der Waals surface area contributed by atoms with Gasteiger partial charge in [0.2, 0.25) is 0 Å². The minimum Gasteiger partial charge on any atom is -0.497 e. The zero-order chi connectivity index (χ0) is 22.8. The molecular formula is C24H22N4O3S. The van der Waals surface area contributed by atoms with Crippen molar-refractivity contribution in [3.05, 3.63) is 81.5 Å². The molecule has 0 radical (unpaired) electrons. The molecule has 2 aliphatic rings. The van der Waals surface area contributed by atoms with Crippen molar-refractivity contribution in [1.29, 1.82) is 5.26 Å². The van der Waals surface area contributed by atoms with Crippen LogP contribution in [0.2, 0.25) is 0 Å². The van der Waals surface area contributed by atoms with E-state index < -0.39 is 12.0 Å². The number of hydrogen-bond donors (Lipinski definition) is 1. The van der Waals surface area contributed by atoms with Gasteiger partial charge in [-0.15, -0.1) is 0 Å². The predicted molar refractivity (Wildman–Crippen MR) is 124 cm³/mol. The number of ether oxygens (including phenoxy) is 2. The Balaban J connectivity index is 2.02. The number of hydrogen-bond acceptors (Lipinski definition) is 8. The lowest BCUT2D eigenvalue weighted by molar-refractivity contribution is -0.139. The maximum atomic E-state index is 13.3. The molecular weight excluding hydrogens is 424 g/mol. The van der Waals surface area contributed by atoms with Gasteiger partial charge in [0.15, 0.2) is 5.17 Å². The Morgan fingerprint density at radius 1 is 1.28 bits per heavy atom. The third-order valence-corrected chi connectivity index (χ3v) is 6.28.